The van der Waals surface area contributed by atoms with Gasteiger partial charge in [0.25, 0.3) is 0 Å². The molecule has 0 spiro atoms. The standard InChI is InChI=1S/C15H27NO4/c1-5-6-10-19-13(17)12-8-7-9-16(12)14(18)20-11-15(2,3)4/h12H,5-11H2,1-4H3. The quantitative estimate of drug-likeness (QED) is 0.575. The average molecular weight is 285 g/mol. The Bertz CT molecular complexity index is 335. The molecule has 0 saturated carbocycles. The predicted molar refractivity (Wildman–Crippen MR) is 76.4 cm³/mol. The first kappa shape index (κ1) is 16.8. The van der Waals surface area contributed by atoms with Crippen molar-refractivity contribution < 1.29 is 19.1 Å². The van der Waals surface area contributed by atoms with Crippen LogP contribution < -0.4 is 0 Å². The number of unbranched alkanes of at least 4 members (excludes halogenated alkanes) is 1. The molecule has 0 aromatic rings. The highest BCUT2D eigenvalue weighted by molar-refractivity contribution is 5.82. The van der Waals surface area contributed by atoms with Crippen LogP contribution in [0.1, 0.15) is 53.4 Å². The van der Waals surface area contributed by atoms with Crippen molar-refractivity contribution in [3.05, 3.63) is 0 Å². The summed E-state index contributed by atoms with van der Waals surface area (Å²) in [5.41, 5.74) is -0.0769. The molecular formula is C15H27NO4. The smallest absolute Gasteiger partial charge is 0.410 e. The van der Waals surface area contributed by atoms with Gasteiger partial charge >= 0.3 is 12.1 Å². The van der Waals surface area contributed by atoms with Gasteiger partial charge in [0, 0.05) is 6.54 Å². The Labute approximate surface area is 121 Å². The molecule has 0 bridgehead atoms. The number of ether oxygens (including phenoxy) is 2. The maximum Gasteiger partial charge on any atom is 0.410 e. The first-order valence-corrected chi connectivity index (χ1v) is 7.45. The van der Waals surface area contributed by atoms with Crippen molar-refractivity contribution in [3.8, 4) is 0 Å². The van der Waals surface area contributed by atoms with Gasteiger partial charge in [0.15, 0.2) is 0 Å². The molecule has 0 aromatic carbocycles. The third-order valence-corrected chi connectivity index (χ3v) is 3.13. The number of amides is 1. The van der Waals surface area contributed by atoms with Gasteiger partial charge in [0.2, 0.25) is 0 Å². The van der Waals surface area contributed by atoms with Crippen molar-refractivity contribution in [1.29, 1.82) is 0 Å². The van der Waals surface area contributed by atoms with Crippen LogP contribution in [0.5, 0.6) is 0 Å². The summed E-state index contributed by atoms with van der Waals surface area (Å²) in [6, 6.07) is -0.473. The summed E-state index contributed by atoms with van der Waals surface area (Å²) in [7, 11) is 0. The van der Waals surface area contributed by atoms with E-state index in [0.717, 1.165) is 19.3 Å². The number of carbonyl (C=O) groups excluding carboxylic acids is 2. The van der Waals surface area contributed by atoms with Crippen molar-refractivity contribution in [3.63, 3.8) is 0 Å². The predicted octanol–water partition coefficient (Wildman–Crippen LogP) is 2.98. The van der Waals surface area contributed by atoms with Crippen LogP contribution in [-0.2, 0) is 14.3 Å². The van der Waals surface area contributed by atoms with Gasteiger partial charge in [0.1, 0.15) is 6.04 Å². The van der Waals surface area contributed by atoms with E-state index in [4.69, 9.17) is 9.47 Å². The highest BCUT2D eigenvalue weighted by Crippen LogP contribution is 2.21. The molecule has 0 radical (unpaired) electrons. The number of esters is 1. The van der Waals surface area contributed by atoms with E-state index < -0.39 is 12.1 Å². The summed E-state index contributed by atoms with van der Waals surface area (Å²) < 4.78 is 10.5. The summed E-state index contributed by atoms with van der Waals surface area (Å²) in [5.74, 6) is -0.302. The topological polar surface area (TPSA) is 55.8 Å². The summed E-state index contributed by atoms with van der Waals surface area (Å²) in [6.07, 6.45) is 2.91. The highest BCUT2D eigenvalue weighted by atomic mass is 16.6. The fourth-order valence-corrected chi connectivity index (χ4v) is 2.00. The van der Waals surface area contributed by atoms with Gasteiger partial charge in [-0.2, -0.15) is 0 Å². The molecule has 116 valence electrons. The summed E-state index contributed by atoms with van der Waals surface area (Å²) >= 11 is 0. The molecule has 0 N–H and O–H groups in total. The minimum absolute atomic E-state index is 0.0769. The molecule has 5 nitrogen and oxygen atoms in total. The molecule has 0 aliphatic carbocycles. The first-order valence-electron chi connectivity index (χ1n) is 7.45. The monoisotopic (exact) mass is 285 g/mol. The Balaban J connectivity index is 2.47. The van der Waals surface area contributed by atoms with Crippen LogP contribution >= 0.6 is 0 Å². The van der Waals surface area contributed by atoms with Crippen LogP contribution in [0.25, 0.3) is 0 Å². The largest absolute Gasteiger partial charge is 0.464 e. The van der Waals surface area contributed by atoms with E-state index in [2.05, 4.69) is 0 Å². The van der Waals surface area contributed by atoms with E-state index in [1.54, 1.807) is 0 Å². The highest BCUT2D eigenvalue weighted by Gasteiger charge is 2.36. The lowest BCUT2D eigenvalue weighted by molar-refractivity contribution is -0.148. The van der Waals surface area contributed by atoms with E-state index in [0.29, 0.717) is 26.2 Å². The lowest BCUT2D eigenvalue weighted by Crippen LogP contribution is -2.42. The number of rotatable bonds is 5. The SMILES string of the molecule is CCCCOC(=O)C1CCCN1C(=O)OCC(C)(C)C. The second-order valence-corrected chi connectivity index (χ2v) is 6.49. The van der Waals surface area contributed by atoms with Crippen molar-refractivity contribution >= 4 is 12.1 Å². The number of carbonyl (C=O) groups is 2. The lowest BCUT2D eigenvalue weighted by atomic mass is 9.99. The van der Waals surface area contributed by atoms with Gasteiger partial charge in [0.05, 0.1) is 13.2 Å². The number of hydrogen-bond acceptors (Lipinski definition) is 4. The van der Waals surface area contributed by atoms with Crippen LogP contribution in [0.4, 0.5) is 4.79 Å². The van der Waals surface area contributed by atoms with Crippen LogP contribution in [-0.4, -0.2) is 42.8 Å². The summed E-state index contributed by atoms with van der Waals surface area (Å²) in [5, 5.41) is 0. The minimum Gasteiger partial charge on any atom is -0.464 e. The van der Waals surface area contributed by atoms with Crippen LogP contribution in [0.3, 0.4) is 0 Å². The van der Waals surface area contributed by atoms with Gasteiger partial charge in [-0.1, -0.05) is 34.1 Å². The maximum atomic E-state index is 12.0. The molecule has 1 atom stereocenters. The van der Waals surface area contributed by atoms with E-state index in [9.17, 15) is 9.59 Å². The zero-order chi connectivity index (χ0) is 15.2. The van der Waals surface area contributed by atoms with Crippen molar-refractivity contribution in [2.45, 2.75) is 59.4 Å². The Kier molecular flexibility index (Phi) is 6.30. The molecule has 1 rings (SSSR count). The second-order valence-electron chi connectivity index (χ2n) is 6.49. The van der Waals surface area contributed by atoms with Crippen molar-refractivity contribution in [1.82, 2.24) is 4.90 Å². The molecule has 20 heavy (non-hydrogen) atoms. The molecule has 5 heteroatoms. The Morgan fingerprint density at radius 1 is 1.25 bits per heavy atom. The van der Waals surface area contributed by atoms with E-state index in [1.807, 2.05) is 27.7 Å². The Hall–Kier alpha value is -1.26. The number of likely N-dealkylation sites (tertiary alicyclic amines) is 1. The van der Waals surface area contributed by atoms with Crippen LogP contribution in [0, 0.1) is 5.41 Å². The molecule has 1 unspecified atom stereocenters. The molecule has 1 fully saturated rings. The van der Waals surface area contributed by atoms with Crippen molar-refractivity contribution in [2.75, 3.05) is 19.8 Å². The summed E-state index contributed by atoms with van der Waals surface area (Å²) in [6.45, 7) is 9.38. The fraction of sp³-hybridized carbons (Fsp3) is 0.867. The van der Waals surface area contributed by atoms with Gasteiger partial charge in [-0.25, -0.2) is 9.59 Å². The Morgan fingerprint density at radius 2 is 1.95 bits per heavy atom. The molecule has 0 aromatic heterocycles. The van der Waals surface area contributed by atoms with Gasteiger partial charge in [-0.05, 0) is 24.7 Å². The number of hydrogen-bond donors (Lipinski definition) is 0. The average Bonchev–Trinajstić information content (AvgIpc) is 2.84. The molecule has 1 aliphatic rings. The van der Waals surface area contributed by atoms with Gasteiger partial charge in [-0.3, -0.25) is 4.90 Å². The van der Waals surface area contributed by atoms with E-state index >= 15 is 0 Å². The Morgan fingerprint density at radius 3 is 2.55 bits per heavy atom. The third-order valence-electron chi connectivity index (χ3n) is 3.13. The molecule has 1 heterocycles. The van der Waals surface area contributed by atoms with Crippen molar-refractivity contribution in [2.24, 2.45) is 5.41 Å². The first-order chi connectivity index (χ1) is 9.35. The zero-order valence-corrected chi connectivity index (χ0v) is 13.1. The van der Waals surface area contributed by atoms with E-state index in [1.165, 1.54) is 4.90 Å². The fourth-order valence-electron chi connectivity index (χ4n) is 2.00. The maximum absolute atomic E-state index is 12.0. The number of nitrogens with zero attached hydrogens (tertiary/aromatic N) is 1. The third kappa shape index (κ3) is 5.39. The summed E-state index contributed by atoms with van der Waals surface area (Å²) in [4.78, 5) is 25.5. The van der Waals surface area contributed by atoms with Crippen LogP contribution in [0.2, 0.25) is 0 Å². The molecular weight excluding hydrogens is 258 g/mol. The normalized spacial score (nSPS) is 19.0. The van der Waals surface area contributed by atoms with E-state index in [-0.39, 0.29) is 11.4 Å². The zero-order valence-electron chi connectivity index (χ0n) is 13.1. The lowest BCUT2D eigenvalue weighted by Gasteiger charge is -2.25. The second kappa shape index (κ2) is 7.50. The molecule has 1 aliphatic heterocycles. The minimum atomic E-state index is -0.473. The molecule has 1 amide bonds. The van der Waals surface area contributed by atoms with Crippen LogP contribution in [0.15, 0.2) is 0 Å². The van der Waals surface area contributed by atoms with Gasteiger partial charge in [-0.15, -0.1) is 0 Å². The molecule has 1 saturated heterocycles. The van der Waals surface area contributed by atoms with Gasteiger partial charge < -0.3 is 9.47 Å².